The van der Waals surface area contributed by atoms with Gasteiger partial charge in [0.1, 0.15) is 42.1 Å². The smallest absolute Gasteiger partial charge is 0.351 e. The summed E-state index contributed by atoms with van der Waals surface area (Å²) in [6.45, 7) is 13.2. The number of benzene rings is 3. The Morgan fingerprint density at radius 1 is 0.882 bits per heavy atom. The minimum atomic E-state index is -2.28. The molecule has 51 heavy (non-hydrogen) atoms. The van der Waals surface area contributed by atoms with Crippen molar-refractivity contribution in [2.75, 3.05) is 20.8 Å². The zero-order chi connectivity index (χ0) is 36.4. The van der Waals surface area contributed by atoms with E-state index in [2.05, 4.69) is 61.1 Å². The number of aryl methyl sites for hydroxylation is 1. The minimum absolute atomic E-state index is 0.0507. The summed E-state index contributed by atoms with van der Waals surface area (Å²) in [5, 5.41) is 4.11. The second-order valence-corrected chi connectivity index (χ2v) is 19.1. The van der Waals surface area contributed by atoms with Crippen molar-refractivity contribution >= 4 is 8.32 Å². The Hall–Kier alpha value is -4.62. The molecule has 268 valence electrons. The van der Waals surface area contributed by atoms with Crippen molar-refractivity contribution in [1.82, 2.24) is 24.3 Å². The van der Waals surface area contributed by atoms with Gasteiger partial charge in [0.2, 0.25) is 0 Å². The van der Waals surface area contributed by atoms with E-state index in [1.54, 1.807) is 25.0 Å². The molecule has 6 rings (SSSR count). The maximum absolute atomic E-state index is 13.5. The van der Waals surface area contributed by atoms with Crippen molar-refractivity contribution in [3.63, 3.8) is 0 Å². The number of ether oxygens (including phenoxy) is 4. The normalized spacial score (nSPS) is 18.2. The van der Waals surface area contributed by atoms with Crippen LogP contribution in [0.5, 0.6) is 11.5 Å². The van der Waals surface area contributed by atoms with Gasteiger partial charge in [-0.15, -0.1) is 0 Å². The molecule has 11 nitrogen and oxygen atoms in total. The Kier molecular flexibility index (Phi) is 10.3. The standard InChI is InChI=1S/C39H47N5O6Si/c1-27-23-43(37(45)42-36(27)44-26-40-25-41-44)35-22-33(50-51(7,8)38(2,3)4)34(49-35)24-48-39(28-12-10-9-11-13-28,29-14-18-31(46-5)19-15-29)30-16-20-32(47-6)21-17-30/h9-21,23,25-26,33-35H,22,24H2,1-8H3/t33-,34+,35+/m0/s1. The summed E-state index contributed by atoms with van der Waals surface area (Å²) in [4.78, 5) is 21.9. The average molecular weight is 710 g/mol. The number of hydrogen-bond acceptors (Lipinski definition) is 9. The molecule has 1 saturated heterocycles. The molecule has 0 radical (unpaired) electrons. The monoisotopic (exact) mass is 709 g/mol. The van der Waals surface area contributed by atoms with Crippen molar-refractivity contribution in [1.29, 1.82) is 0 Å². The highest BCUT2D eigenvalue weighted by molar-refractivity contribution is 6.74. The van der Waals surface area contributed by atoms with E-state index in [1.165, 1.54) is 17.3 Å². The Balaban J connectivity index is 1.42. The summed E-state index contributed by atoms with van der Waals surface area (Å²) in [6.07, 6.45) is 3.68. The molecule has 2 aromatic heterocycles. The van der Waals surface area contributed by atoms with Gasteiger partial charge in [-0.25, -0.2) is 14.5 Å². The quantitative estimate of drug-likeness (QED) is 0.102. The first-order valence-electron chi connectivity index (χ1n) is 17.1. The third-order valence-electron chi connectivity index (χ3n) is 10.1. The van der Waals surface area contributed by atoms with Gasteiger partial charge in [0, 0.05) is 18.2 Å². The molecule has 5 aromatic rings. The van der Waals surface area contributed by atoms with Crippen LogP contribution in [0.15, 0.2) is 103 Å². The van der Waals surface area contributed by atoms with Gasteiger partial charge in [0.25, 0.3) is 0 Å². The van der Waals surface area contributed by atoms with Crippen molar-refractivity contribution < 1.29 is 23.4 Å². The maximum atomic E-state index is 13.5. The topological polar surface area (TPSA) is 112 Å². The van der Waals surface area contributed by atoms with Gasteiger partial charge in [-0.1, -0.05) is 75.4 Å². The van der Waals surface area contributed by atoms with E-state index in [0.29, 0.717) is 12.2 Å². The Morgan fingerprint density at radius 2 is 1.47 bits per heavy atom. The van der Waals surface area contributed by atoms with Gasteiger partial charge in [-0.05, 0) is 66.0 Å². The van der Waals surface area contributed by atoms with Gasteiger partial charge in [0.05, 0.1) is 26.9 Å². The first kappa shape index (κ1) is 36.2. The molecule has 0 N–H and O–H groups in total. The summed E-state index contributed by atoms with van der Waals surface area (Å²) < 4.78 is 35.2. The van der Waals surface area contributed by atoms with E-state index in [0.717, 1.165) is 33.8 Å². The molecule has 0 saturated carbocycles. The van der Waals surface area contributed by atoms with Crippen molar-refractivity contribution in [2.45, 2.75) is 76.3 Å². The average Bonchev–Trinajstić information content (AvgIpc) is 3.80. The molecule has 3 atom stereocenters. The third-order valence-corrected chi connectivity index (χ3v) is 14.6. The van der Waals surface area contributed by atoms with Gasteiger partial charge in [-0.2, -0.15) is 10.1 Å². The predicted octanol–water partition coefficient (Wildman–Crippen LogP) is 6.84. The van der Waals surface area contributed by atoms with E-state index >= 15 is 0 Å². The molecule has 0 spiro atoms. The molecule has 0 amide bonds. The molecule has 3 aromatic carbocycles. The molecule has 1 fully saturated rings. The number of hydrogen-bond donors (Lipinski definition) is 0. The van der Waals surface area contributed by atoms with Crippen LogP contribution in [-0.4, -0.2) is 65.7 Å². The van der Waals surface area contributed by atoms with E-state index < -0.39 is 31.9 Å². The highest BCUT2D eigenvalue weighted by atomic mass is 28.4. The number of nitrogens with zero attached hydrogens (tertiary/aromatic N) is 5. The van der Waals surface area contributed by atoms with Gasteiger partial charge in [-0.3, -0.25) is 4.57 Å². The molecule has 1 aliphatic heterocycles. The van der Waals surface area contributed by atoms with Crippen LogP contribution in [0.3, 0.4) is 0 Å². The first-order valence-corrected chi connectivity index (χ1v) is 20.0. The molecule has 0 bridgehead atoms. The SMILES string of the molecule is COc1ccc(C(OC[C@H]2O[C@@H](n3cc(C)c(-n4cncn4)nc3=O)C[C@@H]2O[Si](C)(C)C(C)(C)C)(c2ccccc2)c2ccc(OC)cc2)cc1. The van der Waals surface area contributed by atoms with Crippen LogP contribution < -0.4 is 15.2 Å². The van der Waals surface area contributed by atoms with Crippen molar-refractivity contribution in [3.8, 4) is 17.3 Å². The first-order chi connectivity index (χ1) is 24.4. The van der Waals surface area contributed by atoms with E-state index in [-0.39, 0.29) is 17.7 Å². The molecule has 1 aliphatic rings. The lowest BCUT2D eigenvalue weighted by Gasteiger charge is -2.40. The van der Waals surface area contributed by atoms with Gasteiger partial charge < -0.3 is 23.4 Å². The van der Waals surface area contributed by atoms with Crippen molar-refractivity contribution in [3.05, 3.63) is 130 Å². The van der Waals surface area contributed by atoms with Gasteiger partial charge in [0.15, 0.2) is 14.1 Å². The van der Waals surface area contributed by atoms with Crippen LogP contribution in [-0.2, 0) is 19.5 Å². The Morgan fingerprint density at radius 3 is 2.00 bits per heavy atom. The zero-order valence-corrected chi connectivity index (χ0v) is 31.6. The second kappa shape index (κ2) is 14.5. The van der Waals surface area contributed by atoms with Crippen LogP contribution >= 0.6 is 0 Å². The molecule has 0 unspecified atom stereocenters. The minimum Gasteiger partial charge on any atom is -0.497 e. The number of aromatic nitrogens is 5. The third kappa shape index (κ3) is 7.27. The van der Waals surface area contributed by atoms with Gasteiger partial charge >= 0.3 is 5.69 Å². The summed E-state index contributed by atoms with van der Waals surface area (Å²) in [7, 11) is 1.02. The van der Waals surface area contributed by atoms with E-state index in [4.69, 9.17) is 23.4 Å². The van der Waals surface area contributed by atoms with Crippen LogP contribution in [0, 0.1) is 6.92 Å². The molecular formula is C39H47N5O6Si. The fraction of sp³-hybridized carbons (Fsp3) is 0.385. The van der Waals surface area contributed by atoms with Crippen LogP contribution in [0.4, 0.5) is 0 Å². The lowest BCUT2D eigenvalue weighted by atomic mass is 9.80. The predicted molar refractivity (Wildman–Crippen MR) is 197 cm³/mol. The largest absolute Gasteiger partial charge is 0.497 e. The lowest BCUT2D eigenvalue weighted by molar-refractivity contribution is -0.0928. The Bertz CT molecular complexity index is 1910. The molecule has 0 aliphatic carbocycles. The van der Waals surface area contributed by atoms with E-state index in [9.17, 15) is 4.79 Å². The summed E-state index contributed by atoms with van der Waals surface area (Å²) >= 11 is 0. The fourth-order valence-corrected chi connectivity index (χ4v) is 7.65. The van der Waals surface area contributed by atoms with Crippen molar-refractivity contribution in [2.24, 2.45) is 0 Å². The van der Waals surface area contributed by atoms with Crippen LogP contribution in [0.1, 0.15) is 55.7 Å². The van der Waals surface area contributed by atoms with E-state index in [1.807, 2.05) is 73.7 Å². The summed E-state index contributed by atoms with van der Waals surface area (Å²) in [5.74, 6) is 1.90. The molecular weight excluding hydrogens is 663 g/mol. The lowest BCUT2D eigenvalue weighted by Crippen LogP contribution is -2.47. The molecule has 12 heteroatoms. The Labute approximate surface area is 300 Å². The number of rotatable bonds is 12. The molecule has 3 heterocycles. The maximum Gasteiger partial charge on any atom is 0.351 e. The fourth-order valence-electron chi connectivity index (χ4n) is 6.30. The summed E-state index contributed by atoms with van der Waals surface area (Å²) in [6, 6.07) is 26.0. The van der Waals surface area contributed by atoms with Crippen LogP contribution in [0.2, 0.25) is 18.1 Å². The number of methoxy groups -OCH3 is 2. The summed E-state index contributed by atoms with van der Waals surface area (Å²) in [5.41, 5.74) is 2.03. The second-order valence-electron chi connectivity index (χ2n) is 14.4. The highest BCUT2D eigenvalue weighted by Gasteiger charge is 2.47. The van der Waals surface area contributed by atoms with Crippen LogP contribution in [0.25, 0.3) is 5.82 Å². The zero-order valence-electron chi connectivity index (χ0n) is 30.6. The highest BCUT2D eigenvalue weighted by Crippen LogP contribution is 2.44.